The molecule has 0 aliphatic carbocycles. The van der Waals surface area contributed by atoms with Crippen LogP contribution in [0.25, 0.3) is 0 Å². The van der Waals surface area contributed by atoms with Crippen LogP contribution < -0.4 is 14.7 Å². The maximum Gasteiger partial charge on any atom is 0.282 e. The number of pyridine rings is 1. The Labute approximate surface area is 146 Å². The minimum Gasteiger partial charge on any atom is -0.358 e. The number of rotatable bonds is 2. The molecule has 136 valence electrons. The number of anilines is 3. The van der Waals surface area contributed by atoms with E-state index in [0.29, 0.717) is 24.0 Å². The fraction of sp³-hybridized carbons (Fsp3) is 0.647. The summed E-state index contributed by atoms with van der Waals surface area (Å²) in [6.45, 7) is 5.99. The maximum absolute atomic E-state index is 13.1. The van der Waals surface area contributed by atoms with Gasteiger partial charge in [-0.15, -0.1) is 0 Å². The first-order chi connectivity index (χ1) is 11.8. The summed E-state index contributed by atoms with van der Waals surface area (Å²) in [6, 6.07) is 1.96. The minimum atomic E-state index is -2.63. The Morgan fingerprint density at radius 2 is 2.00 bits per heavy atom. The third kappa shape index (κ3) is 2.63. The van der Waals surface area contributed by atoms with Gasteiger partial charge in [-0.25, -0.2) is 13.8 Å². The smallest absolute Gasteiger partial charge is 0.282 e. The van der Waals surface area contributed by atoms with E-state index in [2.05, 4.69) is 28.6 Å². The van der Waals surface area contributed by atoms with Gasteiger partial charge in [0, 0.05) is 32.7 Å². The van der Waals surface area contributed by atoms with Gasteiger partial charge in [0.25, 0.3) is 11.8 Å². The zero-order chi connectivity index (χ0) is 17.9. The number of likely N-dealkylation sites (N-methyl/N-ethyl adjacent to an activating group) is 1. The third-order valence-corrected chi connectivity index (χ3v) is 5.43. The van der Waals surface area contributed by atoms with E-state index in [0.717, 1.165) is 18.9 Å². The Hall–Kier alpha value is -1.96. The van der Waals surface area contributed by atoms with Crippen LogP contribution in [0.3, 0.4) is 0 Å². The lowest BCUT2D eigenvalue weighted by atomic mass is 10.0. The Bertz CT molecular complexity index is 702. The highest BCUT2D eigenvalue weighted by Crippen LogP contribution is 2.39. The van der Waals surface area contributed by atoms with Crippen LogP contribution in [0.4, 0.5) is 26.0 Å². The zero-order valence-electron chi connectivity index (χ0n) is 14.7. The lowest BCUT2D eigenvalue weighted by Crippen LogP contribution is -2.63. The van der Waals surface area contributed by atoms with Crippen LogP contribution in [0.15, 0.2) is 12.3 Å². The molecule has 0 spiro atoms. The molecule has 0 unspecified atom stereocenters. The lowest BCUT2D eigenvalue weighted by molar-refractivity contribution is -0.121. The van der Waals surface area contributed by atoms with Gasteiger partial charge in [0.15, 0.2) is 5.82 Å². The molecule has 0 N–H and O–H groups in total. The molecule has 0 saturated carbocycles. The molecule has 3 aliphatic heterocycles. The second-order valence-electron chi connectivity index (χ2n) is 7.44. The SMILES string of the molecule is CC(C)N1CCN2c3ncc(N4CC(F)(F)C4)cc3N(C)C(=O)[C@H]2C1. The summed E-state index contributed by atoms with van der Waals surface area (Å²) in [5.74, 6) is -1.83. The first kappa shape index (κ1) is 16.5. The van der Waals surface area contributed by atoms with Crippen LogP contribution in [-0.2, 0) is 4.79 Å². The number of amides is 1. The van der Waals surface area contributed by atoms with Crippen molar-refractivity contribution >= 4 is 23.1 Å². The van der Waals surface area contributed by atoms with E-state index in [4.69, 9.17) is 0 Å². The van der Waals surface area contributed by atoms with Crippen LogP contribution in [0.5, 0.6) is 0 Å². The minimum absolute atomic E-state index is 0.0331. The Balaban J connectivity index is 1.63. The second-order valence-corrected chi connectivity index (χ2v) is 7.44. The van der Waals surface area contributed by atoms with Crippen molar-refractivity contribution in [1.29, 1.82) is 0 Å². The lowest BCUT2D eigenvalue weighted by Gasteiger charge is -2.48. The number of piperazine rings is 1. The van der Waals surface area contributed by atoms with Gasteiger partial charge in [-0.05, 0) is 19.9 Å². The van der Waals surface area contributed by atoms with Crippen LogP contribution in [-0.4, -0.2) is 73.6 Å². The van der Waals surface area contributed by atoms with Crippen molar-refractivity contribution in [1.82, 2.24) is 9.88 Å². The topological polar surface area (TPSA) is 42.9 Å². The quantitative estimate of drug-likeness (QED) is 0.806. The summed E-state index contributed by atoms with van der Waals surface area (Å²) in [5.41, 5.74) is 1.34. The molecule has 0 aromatic carbocycles. The first-order valence-electron chi connectivity index (χ1n) is 8.68. The van der Waals surface area contributed by atoms with E-state index in [1.807, 2.05) is 0 Å². The average Bonchev–Trinajstić information content (AvgIpc) is 2.56. The summed E-state index contributed by atoms with van der Waals surface area (Å²) in [5, 5.41) is 0. The van der Waals surface area contributed by atoms with Gasteiger partial charge in [-0.3, -0.25) is 9.69 Å². The number of alkyl halides is 2. The number of aromatic nitrogens is 1. The number of halogens is 2. The zero-order valence-corrected chi connectivity index (χ0v) is 14.7. The van der Waals surface area contributed by atoms with Crippen molar-refractivity contribution in [2.45, 2.75) is 31.9 Å². The maximum atomic E-state index is 13.1. The number of nitrogens with zero attached hydrogens (tertiary/aromatic N) is 5. The molecule has 6 nitrogen and oxygen atoms in total. The van der Waals surface area contributed by atoms with Gasteiger partial charge in [-0.1, -0.05) is 0 Å². The fourth-order valence-electron chi connectivity index (χ4n) is 3.85. The van der Waals surface area contributed by atoms with E-state index >= 15 is 0 Å². The molecule has 3 aliphatic rings. The molecule has 25 heavy (non-hydrogen) atoms. The molecular weight excluding hydrogens is 328 g/mol. The number of hydrogen-bond acceptors (Lipinski definition) is 5. The van der Waals surface area contributed by atoms with E-state index in [1.54, 1.807) is 29.1 Å². The number of carbonyl (C=O) groups excluding carboxylic acids is 1. The molecule has 0 bridgehead atoms. The predicted octanol–water partition coefficient (Wildman–Crippen LogP) is 1.41. The average molecular weight is 351 g/mol. The summed E-state index contributed by atoms with van der Waals surface area (Å²) in [7, 11) is 1.74. The van der Waals surface area contributed by atoms with E-state index in [9.17, 15) is 13.6 Å². The van der Waals surface area contributed by atoms with Crippen molar-refractivity contribution in [2.75, 3.05) is 54.5 Å². The van der Waals surface area contributed by atoms with Crippen molar-refractivity contribution in [2.24, 2.45) is 0 Å². The van der Waals surface area contributed by atoms with Gasteiger partial charge in [0.2, 0.25) is 0 Å². The highest BCUT2D eigenvalue weighted by atomic mass is 19.3. The molecule has 8 heteroatoms. The Morgan fingerprint density at radius 1 is 1.28 bits per heavy atom. The van der Waals surface area contributed by atoms with Crippen LogP contribution >= 0.6 is 0 Å². The van der Waals surface area contributed by atoms with Crippen molar-refractivity contribution in [3.8, 4) is 0 Å². The third-order valence-electron chi connectivity index (χ3n) is 5.43. The number of fused-ring (bicyclic) bond motifs is 3. The summed E-state index contributed by atoms with van der Waals surface area (Å²) in [6.07, 6.45) is 1.64. The molecule has 2 saturated heterocycles. The van der Waals surface area contributed by atoms with Crippen LogP contribution in [0.1, 0.15) is 13.8 Å². The molecule has 1 amide bonds. The summed E-state index contributed by atoms with van der Waals surface area (Å²) in [4.78, 5) is 25.0. The van der Waals surface area contributed by atoms with Crippen LogP contribution in [0, 0.1) is 0 Å². The predicted molar refractivity (Wildman–Crippen MR) is 92.7 cm³/mol. The molecule has 0 radical (unpaired) electrons. The summed E-state index contributed by atoms with van der Waals surface area (Å²) < 4.78 is 26.3. The van der Waals surface area contributed by atoms with Gasteiger partial charge in [-0.2, -0.15) is 0 Å². The normalized spacial score (nSPS) is 25.8. The number of carbonyl (C=O) groups is 1. The molecule has 1 atom stereocenters. The largest absolute Gasteiger partial charge is 0.358 e. The first-order valence-corrected chi connectivity index (χ1v) is 8.68. The second kappa shape index (κ2) is 5.52. The Morgan fingerprint density at radius 3 is 2.64 bits per heavy atom. The molecule has 1 aromatic rings. The van der Waals surface area contributed by atoms with Gasteiger partial charge >= 0.3 is 0 Å². The molecule has 4 rings (SSSR count). The highest BCUT2D eigenvalue weighted by molar-refractivity contribution is 6.05. The van der Waals surface area contributed by atoms with E-state index < -0.39 is 5.92 Å². The van der Waals surface area contributed by atoms with E-state index in [-0.39, 0.29) is 25.0 Å². The Kier molecular flexibility index (Phi) is 3.64. The molecule has 2 fully saturated rings. The van der Waals surface area contributed by atoms with Crippen LogP contribution in [0.2, 0.25) is 0 Å². The van der Waals surface area contributed by atoms with Crippen molar-refractivity contribution < 1.29 is 13.6 Å². The molecular formula is C17H23F2N5O. The number of hydrogen-bond donors (Lipinski definition) is 0. The molecule has 1 aromatic heterocycles. The summed E-state index contributed by atoms with van der Waals surface area (Å²) >= 11 is 0. The van der Waals surface area contributed by atoms with Crippen molar-refractivity contribution in [3.63, 3.8) is 0 Å². The molecule has 4 heterocycles. The highest BCUT2D eigenvalue weighted by Gasteiger charge is 2.45. The fourth-order valence-corrected chi connectivity index (χ4v) is 3.85. The van der Waals surface area contributed by atoms with E-state index in [1.165, 1.54) is 0 Å². The van der Waals surface area contributed by atoms with Gasteiger partial charge < -0.3 is 14.7 Å². The van der Waals surface area contributed by atoms with Gasteiger partial charge in [0.1, 0.15) is 6.04 Å². The van der Waals surface area contributed by atoms with Gasteiger partial charge in [0.05, 0.1) is 30.7 Å². The monoisotopic (exact) mass is 351 g/mol. The standard InChI is InChI=1S/C17H23F2N5O/c1-11(2)22-4-5-24-14(8-22)16(25)21(3)13-6-12(7-20-15(13)24)23-9-17(18,19)10-23/h6-7,11,14H,4-5,8-10H2,1-3H3/t14-/m1/s1. The van der Waals surface area contributed by atoms with Crippen molar-refractivity contribution in [3.05, 3.63) is 12.3 Å².